The maximum atomic E-state index is 9.99. The summed E-state index contributed by atoms with van der Waals surface area (Å²) in [5, 5.41) is 13.3. The number of hydrogen-bond acceptors (Lipinski definition) is 3. The Morgan fingerprint density at radius 1 is 1.37 bits per heavy atom. The zero-order chi connectivity index (χ0) is 13.4. The zero-order valence-electron chi connectivity index (χ0n) is 11.9. The lowest BCUT2D eigenvalue weighted by Crippen LogP contribution is -2.37. The molecule has 3 nitrogen and oxygen atoms in total. The summed E-state index contributed by atoms with van der Waals surface area (Å²) in [6.45, 7) is 5.30. The molecule has 0 aromatic heterocycles. The van der Waals surface area contributed by atoms with Gasteiger partial charge in [-0.15, -0.1) is 0 Å². The van der Waals surface area contributed by atoms with Gasteiger partial charge in [-0.05, 0) is 49.8 Å². The lowest BCUT2D eigenvalue weighted by Gasteiger charge is -2.39. The van der Waals surface area contributed by atoms with E-state index in [9.17, 15) is 5.11 Å². The average Bonchev–Trinajstić information content (AvgIpc) is 2.79. The summed E-state index contributed by atoms with van der Waals surface area (Å²) in [7, 11) is 2.00. The van der Waals surface area contributed by atoms with Crippen LogP contribution in [-0.4, -0.2) is 31.3 Å². The second-order valence-electron chi connectivity index (χ2n) is 5.92. The van der Waals surface area contributed by atoms with Crippen molar-refractivity contribution in [2.24, 2.45) is 5.92 Å². The maximum absolute atomic E-state index is 9.99. The van der Waals surface area contributed by atoms with Crippen molar-refractivity contribution in [1.29, 1.82) is 0 Å². The highest BCUT2D eigenvalue weighted by molar-refractivity contribution is 5.63. The van der Waals surface area contributed by atoms with Crippen molar-refractivity contribution in [1.82, 2.24) is 5.32 Å². The van der Waals surface area contributed by atoms with Gasteiger partial charge in [0, 0.05) is 25.3 Å². The van der Waals surface area contributed by atoms with Crippen LogP contribution in [0.25, 0.3) is 0 Å². The van der Waals surface area contributed by atoms with E-state index in [2.05, 4.69) is 35.3 Å². The fourth-order valence-corrected chi connectivity index (χ4v) is 3.97. The second kappa shape index (κ2) is 5.14. The highest BCUT2D eigenvalue weighted by Crippen LogP contribution is 2.48. The van der Waals surface area contributed by atoms with Gasteiger partial charge in [-0.1, -0.05) is 18.2 Å². The molecule has 0 radical (unpaired) electrons. The Morgan fingerprint density at radius 2 is 2.21 bits per heavy atom. The van der Waals surface area contributed by atoms with Crippen LogP contribution in [0.5, 0.6) is 0 Å². The Labute approximate surface area is 115 Å². The number of nitrogens with zero attached hydrogens (tertiary/aromatic N) is 1. The van der Waals surface area contributed by atoms with E-state index in [0.717, 1.165) is 32.5 Å². The van der Waals surface area contributed by atoms with Gasteiger partial charge in [0.1, 0.15) is 0 Å². The summed E-state index contributed by atoms with van der Waals surface area (Å²) in [6, 6.07) is 6.67. The first-order valence-corrected chi connectivity index (χ1v) is 7.44. The van der Waals surface area contributed by atoms with Crippen molar-refractivity contribution in [3.05, 3.63) is 29.3 Å². The van der Waals surface area contributed by atoms with Crippen LogP contribution in [-0.2, 0) is 6.54 Å². The summed E-state index contributed by atoms with van der Waals surface area (Å²) < 4.78 is 0. The molecule has 0 spiro atoms. The number of rotatable bonds is 3. The highest BCUT2D eigenvalue weighted by Gasteiger charge is 2.40. The summed E-state index contributed by atoms with van der Waals surface area (Å²) >= 11 is 0. The quantitative estimate of drug-likeness (QED) is 0.873. The molecule has 2 aliphatic rings. The monoisotopic (exact) mass is 260 g/mol. The van der Waals surface area contributed by atoms with Gasteiger partial charge in [-0.3, -0.25) is 0 Å². The molecule has 1 fully saturated rings. The molecule has 1 aromatic rings. The van der Waals surface area contributed by atoms with Gasteiger partial charge in [0.05, 0.1) is 6.10 Å². The largest absolute Gasteiger partial charge is 0.393 e. The molecular weight excluding hydrogens is 236 g/mol. The highest BCUT2D eigenvalue weighted by atomic mass is 16.3. The van der Waals surface area contributed by atoms with E-state index in [0.29, 0.717) is 11.8 Å². The number of para-hydroxylation sites is 1. The number of fused-ring (bicyclic) bond motifs is 3. The molecule has 3 unspecified atom stereocenters. The van der Waals surface area contributed by atoms with Crippen molar-refractivity contribution in [2.45, 2.75) is 38.3 Å². The molecule has 3 atom stereocenters. The van der Waals surface area contributed by atoms with Crippen molar-refractivity contribution in [2.75, 3.05) is 25.0 Å². The minimum Gasteiger partial charge on any atom is -0.393 e. The number of benzene rings is 1. The van der Waals surface area contributed by atoms with E-state index in [-0.39, 0.29) is 6.10 Å². The number of anilines is 1. The van der Waals surface area contributed by atoms with Crippen LogP contribution >= 0.6 is 0 Å². The molecule has 1 aliphatic heterocycles. The predicted molar refractivity (Wildman–Crippen MR) is 78.6 cm³/mol. The van der Waals surface area contributed by atoms with Gasteiger partial charge in [0.15, 0.2) is 0 Å². The Morgan fingerprint density at radius 3 is 2.95 bits per heavy atom. The summed E-state index contributed by atoms with van der Waals surface area (Å²) in [5.41, 5.74) is 4.28. The molecule has 0 bridgehead atoms. The van der Waals surface area contributed by atoms with Crippen LogP contribution < -0.4 is 10.2 Å². The first kappa shape index (κ1) is 12.9. The first-order chi connectivity index (χ1) is 9.24. The fourth-order valence-electron chi connectivity index (χ4n) is 3.97. The number of aliphatic hydroxyl groups excluding tert-OH is 1. The molecule has 3 heteroatoms. The van der Waals surface area contributed by atoms with E-state index in [1.807, 2.05) is 7.05 Å². The predicted octanol–water partition coefficient (Wildman–Crippen LogP) is 2.10. The summed E-state index contributed by atoms with van der Waals surface area (Å²) in [6.07, 6.45) is 1.81. The van der Waals surface area contributed by atoms with Crippen LogP contribution in [0.1, 0.15) is 36.8 Å². The topological polar surface area (TPSA) is 35.5 Å². The van der Waals surface area contributed by atoms with Gasteiger partial charge in [0.2, 0.25) is 0 Å². The van der Waals surface area contributed by atoms with E-state index in [1.165, 1.54) is 16.8 Å². The van der Waals surface area contributed by atoms with Crippen LogP contribution in [0.2, 0.25) is 0 Å². The van der Waals surface area contributed by atoms with Crippen LogP contribution in [0.3, 0.4) is 0 Å². The lowest BCUT2D eigenvalue weighted by atomic mass is 9.82. The third-order valence-corrected chi connectivity index (χ3v) is 4.74. The maximum Gasteiger partial charge on any atom is 0.0549 e. The molecular formula is C16H24N2O. The summed E-state index contributed by atoms with van der Waals surface area (Å²) in [5.74, 6) is 1.19. The lowest BCUT2D eigenvalue weighted by molar-refractivity contribution is 0.177. The first-order valence-electron chi connectivity index (χ1n) is 7.44. The van der Waals surface area contributed by atoms with Crippen LogP contribution in [0, 0.1) is 5.92 Å². The van der Waals surface area contributed by atoms with Gasteiger partial charge in [-0.2, -0.15) is 0 Å². The Bertz CT molecular complexity index is 460. The van der Waals surface area contributed by atoms with E-state index >= 15 is 0 Å². The smallest absolute Gasteiger partial charge is 0.0549 e. The number of hydrogen-bond donors (Lipinski definition) is 2. The van der Waals surface area contributed by atoms with E-state index in [4.69, 9.17) is 0 Å². The number of aliphatic hydroxyl groups is 1. The Kier molecular flexibility index (Phi) is 3.50. The van der Waals surface area contributed by atoms with Crippen LogP contribution in [0.15, 0.2) is 18.2 Å². The van der Waals surface area contributed by atoms with E-state index in [1.54, 1.807) is 0 Å². The SMILES string of the molecule is CCN1CC2CC(O)CC2c2cccc(CNC)c21. The molecule has 1 aliphatic carbocycles. The molecule has 1 saturated carbocycles. The molecule has 104 valence electrons. The third-order valence-electron chi connectivity index (χ3n) is 4.74. The second-order valence-corrected chi connectivity index (χ2v) is 5.92. The minimum atomic E-state index is -0.104. The Hall–Kier alpha value is -1.06. The normalized spacial score (nSPS) is 29.2. The fraction of sp³-hybridized carbons (Fsp3) is 0.625. The van der Waals surface area contributed by atoms with Crippen molar-refractivity contribution in [3.63, 3.8) is 0 Å². The molecule has 19 heavy (non-hydrogen) atoms. The van der Waals surface area contributed by atoms with Crippen molar-refractivity contribution >= 4 is 5.69 Å². The zero-order valence-corrected chi connectivity index (χ0v) is 11.9. The Balaban J connectivity index is 2.05. The summed E-state index contributed by atoms with van der Waals surface area (Å²) in [4.78, 5) is 2.50. The minimum absolute atomic E-state index is 0.104. The molecule has 0 saturated heterocycles. The van der Waals surface area contributed by atoms with E-state index < -0.39 is 0 Å². The molecule has 1 aromatic carbocycles. The van der Waals surface area contributed by atoms with Gasteiger partial charge in [0.25, 0.3) is 0 Å². The van der Waals surface area contributed by atoms with Crippen molar-refractivity contribution < 1.29 is 5.11 Å². The van der Waals surface area contributed by atoms with Gasteiger partial charge < -0.3 is 15.3 Å². The van der Waals surface area contributed by atoms with Crippen molar-refractivity contribution in [3.8, 4) is 0 Å². The molecule has 0 amide bonds. The average molecular weight is 260 g/mol. The molecule has 2 N–H and O–H groups in total. The standard InChI is InChI=1S/C16H24N2O/c1-3-18-10-12-7-13(19)8-15(12)14-6-4-5-11(9-17-2)16(14)18/h4-6,12-13,15,17,19H,3,7-10H2,1-2H3. The van der Waals surface area contributed by atoms with Gasteiger partial charge in [-0.25, -0.2) is 0 Å². The van der Waals surface area contributed by atoms with Gasteiger partial charge >= 0.3 is 0 Å². The molecule has 1 heterocycles. The van der Waals surface area contributed by atoms with Crippen LogP contribution in [0.4, 0.5) is 5.69 Å². The third kappa shape index (κ3) is 2.15. The molecule has 3 rings (SSSR count). The number of nitrogens with one attached hydrogen (secondary N) is 1.